The Morgan fingerprint density at radius 3 is 3.00 bits per heavy atom. The molecule has 2 rings (SSSR count). The van der Waals surface area contributed by atoms with E-state index in [2.05, 4.69) is 11.9 Å². The van der Waals surface area contributed by atoms with Crippen molar-refractivity contribution in [1.29, 1.82) is 0 Å². The molecule has 0 saturated heterocycles. The molecule has 86 valence electrons. The van der Waals surface area contributed by atoms with E-state index in [0.717, 1.165) is 29.7 Å². The van der Waals surface area contributed by atoms with Gasteiger partial charge in [-0.25, -0.2) is 4.98 Å². The number of hydrogen-bond donors (Lipinski definition) is 1. The van der Waals surface area contributed by atoms with Gasteiger partial charge >= 0.3 is 0 Å². The van der Waals surface area contributed by atoms with Crippen LogP contribution in [0, 0.1) is 0 Å². The molecule has 2 N–H and O–H groups in total. The van der Waals surface area contributed by atoms with E-state index in [4.69, 9.17) is 14.9 Å². The highest BCUT2D eigenvalue weighted by Gasteiger charge is 2.15. The van der Waals surface area contributed by atoms with Gasteiger partial charge < -0.3 is 14.9 Å². The second kappa shape index (κ2) is 4.53. The van der Waals surface area contributed by atoms with Crippen molar-refractivity contribution in [2.24, 2.45) is 5.73 Å². The third kappa shape index (κ3) is 1.88. The molecule has 0 aliphatic rings. The average Bonchev–Trinajstić information content (AvgIpc) is 2.72. The van der Waals surface area contributed by atoms with Crippen LogP contribution in [0.5, 0.6) is 5.75 Å². The van der Waals surface area contributed by atoms with Crippen molar-refractivity contribution in [3.05, 3.63) is 24.1 Å². The van der Waals surface area contributed by atoms with E-state index in [1.807, 2.05) is 18.2 Å². The highest BCUT2D eigenvalue weighted by molar-refractivity contribution is 5.79. The van der Waals surface area contributed by atoms with Gasteiger partial charge in [0.15, 0.2) is 11.1 Å². The van der Waals surface area contributed by atoms with Crippen LogP contribution in [0.3, 0.4) is 0 Å². The Morgan fingerprint density at radius 2 is 2.31 bits per heavy atom. The molecule has 1 atom stereocenters. The molecule has 1 aromatic carbocycles. The Balaban J connectivity index is 2.43. The maximum atomic E-state index is 5.96. The van der Waals surface area contributed by atoms with Gasteiger partial charge in [0.25, 0.3) is 0 Å². The standard InChI is InChI=1S/C12H16N2O2/c1-3-5-8(13)12-14-11-9(15-2)6-4-7-10(11)16-12/h4,6-8H,3,5,13H2,1-2H3. The van der Waals surface area contributed by atoms with Crippen molar-refractivity contribution in [3.8, 4) is 5.75 Å². The zero-order valence-corrected chi connectivity index (χ0v) is 9.56. The Bertz CT molecular complexity index is 479. The molecule has 1 unspecified atom stereocenters. The molecule has 16 heavy (non-hydrogen) atoms. The first kappa shape index (κ1) is 11.0. The SMILES string of the molecule is CCCC(N)c1nc2c(OC)cccc2o1. The van der Waals surface area contributed by atoms with E-state index in [0.29, 0.717) is 5.89 Å². The highest BCUT2D eigenvalue weighted by atomic mass is 16.5. The van der Waals surface area contributed by atoms with Crippen LogP contribution in [0.1, 0.15) is 31.7 Å². The monoisotopic (exact) mass is 220 g/mol. The van der Waals surface area contributed by atoms with Crippen LogP contribution in [-0.2, 0) is 0 Å². The molecule has 1 heterocycles. The van der Waals surface area contributed by atoms with Gasteiger partial charge in [0.1, 0.15) is 5.75 Å². The van der Waals surface area contributed by atoms with Crippen molar-refractivity contribution >= 4 is 11.1 Å². The summed E-state index contributed by atoms with van der Waals surface area (Å²) < 4.78 is 10.8. The number of ether oxygens (including phenoxy) is 1. The topological polar surface area (TPSA) is 61.3 Å². The molecule has 4 heteroatoms. The molecular weight excluding hydrogens is 204 g/mol. The summed E-state index contributed by atoms with van der Waals surface area (Å²) in [6, 6.07) is 5.47. The van der Waals surface area contributed by atoms with Crippen molar-refractivity contribution in [2.45, 2.75) is 25.8 Å². The molecule has 0 fully saturated rings. The van der Waals surface area contributed by atoms with Crippen LogP contribution in [-0.4, -0.2) is 12.1 Å². The third-order valence-electron chi connectivity index (χ3n) is 2.54. The zero-order chi connectivity index (χ0) is 11.5. The van der Waals surface area contributed by atoms with Crippen molar-refractivity contribution in [3.63, 3.8) is 0 Å². The van der Waals surface area contributed by atoms with Crippen molar-refractivity contribution in [2.75, 3.05) is 7.11 Å². The quantitative estimate of drug-likeness (QED) is 0.860. The van der Waals surface area contributed by atoms with Gasteiger partial charge in [0, 0.05) is 0 Å². The maximum Gasteiger partial charge on any atom is 0.212 e. The summed E-state index contributed by atoms with van der Waals surface area (Å²) in [5.74, 6) is 1.30. The van der Waals surface area contributed by atoms with Crippen LogP contribution in [0.15, 0.2) is 22.6 Å². The fourth-order valence-electron chi connectivity index (χ4n) is 1.70. The molecular formula is C12H16N2O2. The summed E-state index contributed by atoms with van der Waals surface area (Å²) in [6.07, 6.45) is 1.88. The molecule has 0 aliphatic heterocycles. The fourth-order valence-corrected chi connectivity index (χ4v) is 1.70. The lowest BCUT2D eigenvalue weighted by Crippen LogP contribution is -2.09. The number of benzene rings is 1. The number of nitrogens with zero attached hydrogens (tertiary/aromatic N) is 1. The lowest BCUT2D eigenvalue weighted by molar-refractivity contribution is 0.419. The summed E-state index contributed by atoms with van der Waals surface area (Å²) >= 11 is 0. The van der Waals surface area contributed by atoms with Crippen LogP contribution in [0.2, 0.25) is 0 Å². The second-order valence-corrected chi connectivity index (χ2v) is 3.75. The minimum absolute atomic E-state index is 0.137. The first-order chi connectivity index (χ1) is 7.76. The van der Waals surface area contributed by atoms with Crippen molar-refractivity contribution < 1.29 is 9.15 Å². The fraction of sp³-hybridized carbons (Fsp3) is 0.417. The molecule has 0 saturated carbocycles. The van der Waals surface area contributed by atoms with Gasteiger partial charge in [0.05, 0.1) is 13.2 Å². The zero-order valence-electron chi connectivity index (χ0n) is 9.56. The lowest BCUT2D eigenvalue weighted by atomic mass is 10.2. The van der Waals surface area contributed by atoms with Crippen LogP contribution in [0.25, 0.3) is 11.1 Å². The summed E-state index contributed by atoms with van der Waals surface area (Å²) in [4.78, 5) is 4.39. The number of rotatable bonds is 4. The average molecular weight is 220 g/mol. The first-order valence-electron chi connectivity index (χ1n) is 5.45. The van der Waals surface area contributed by atoms with E-state index in [1.165, 1.54) is 0 Å². The molecule has 0 amide bonds. The third-order valence-corrected chi connectivity index (χ3v) is 2.54. The number of para-hydroxylation sites is 1. The minimum Gasteiger partial charge on any atom is -0.494 e. The van der Waals surface area contributed by atoms with Crippen molar-refractivity contribution in [1.82, 2.24) is 4.98 Å². The highest BCUT2D eigenvalue weighted by Crippen LogP contribution is 2.27. The normalized spacial score (nSPS) is 12.9. The number of aromatic nitrogens is 1. The largest absolute Gasteiger partial charge is 0.494 e. The van der Waals surface area contributed by atoms with Gasteiger partial charge in [-0.1, -0.05) is 19.4 Å². The summed E-state index contributed by atoms with van der Waals surface area (Å²) in [6.45, 7) is 2.09. The van der Waals surface area contributed by atoms with E-state index < -0.39 is 0 Å². The molecule has 4 nitrogen and oxygen atoms in total. The van der Waals surface area contributed by atoms with E-state index >= 15 is 0 Å². The minimum atomic E-state index is -0.137. The molecule has 2 aromatic rings. The maximum absolute atomic E-state index is 5.96. The second-order valence-electron chi connectivity index (χ2n) is 3.75. The van der Waals surface area contributed by atoms with E-state index in [9.17, 15) is 0 Å². The number of nitrogens with two attached hydrogens (primary N) is 1. The predicted octanol–water partition coefficient (Wildman–Crippen LogP) is 2.64. The van der Waals surface area contributed by atoms with Crippen LogP contribution >= 0.6 is 0 Å². The van der Waals surface area contributed by atoms with Gasteiger partial charge in [-0.15, -0.1) is 0 Å². The van der Waals surface area contributed by atoms with E-state index in [1.54, 1.807) is 7.11 Å². The lowest BCUT2D eigenvalue weighted by Gasteiger charge is -2.03. The van der Waals surface area contributed by atoms with Crippen LogP contribution in [0.4, 0.5) is 0 Å². The summed E-state index contributed by atoms with van der Waals surface area (Å²) in [5, 5.41) is 0. The Kier molecular flexibility index (Phi) is 3.10. The number of hydrogen-bond acceptors (Lipinski definition) is 4. The molecule has 0 bridgehead atoms. The van der Waals surface area contributed by atoms with Gasteiger partial charge in [0.2, 0.25) is 5.89 Å². The Hall–Kier alpha value is -1.55. The number of oxazole rings is 1. The number of fused-ring (bicyclic) bond motifs is 1. The molecule has 1 aromatic heterocycles. The number of methoxy groups -OCH3 is 1. The van der Waals surface area contributed by atoms with Gasteiger partial charge in [-0.2, -0.15) is 0 Å². The van der Waals surface area contributed by atoms with Gasteiger partial charge in [-0.3, -0.25) is 0 Å². The van der Waals surface area contributed by atoms with Crippen LogP contribution < -0.4 is 10.5 Å². The Labute approximate surface area is 94.4 Å². The predicted molar refractivity (Wildman–Crippen MR) is 62.4 cm³/mol. The van der Waals surface area contributed by atoms with E-state index in [-0.39, 0.29) is 6.04 Å². The smallest absolute Gasteiger partial charge is 0.212 e. The summed E-state index contributed by atoms with van der Waals surface area (Å²) in [5.41, 5.74) is 7.43. The van der Waals surface area contributed by atoms with Gasteiger partial charge in [-0.05, 0) is 18.6 Å². The first-order valence-corrected chi connectivity index (χ1v) is 5.45. The molecule has 0 spiro atoms. The Morgan fingerprint density at radius 1 is 1.50 bits per heavy atom. The summed E-state index contributed by atoms with van der Waals surface area (Å²) in [7, 11) is 1.62. The molecule has 0 radical (unpaired) electrons. The molecule has 0 aliphatic carbocycles.